The average Bonchev–Trinajstić information content (AvgIpc) is 2.53. The van der Waals surface area contributed by atoms with Crippen molar-refractivity contribution in [3.8, 4) is 0 Å². The summed E-state index contributed by atoms with van der Waals surface area (Å²) in [5, 5.41) is 17.1. The van der Waals surface area contributed by atoms with Gasteiger partial charge in [-0.1, -0.05) is 55.0 Å². The van der Waals surface area contributed by atoms with E-state index in [9.17, 15) is 4.79 Å². The molecule has 2 N–H and O–H groups in total. The molecule has 0 radical (unpaired) electrons. The number of aliphatic carboxylic acids is 1. The number of aliphatic hydroxyl groups is 1. The van der Waals surface area contributed by atoms with Gasteiger partial charge in [-0.3, -0.25) is 4.79 Å². The highest BCUT2D eigenvalue weighted by Gasteiger charge is 1.92. The Morgan fingerprint density at radius 1 is 0.696 bits per heavy atom. The first-order valence-corrected chi connectivity index (χ1v) is 8.71. The second kappa shape index (κ2) is 18.4. The van der Waals surface area contributed by atoms with Gasteiger partial charge < -0.3 is 10.2 Å². The standard InChI is InChI=1S/C20H32O3/c21-19-17-15-13-11-9-7-5-3-1-2-4-6-8-10-12-14-16-18-20(22)23/h3-7,9-10,12,21H,1-2,8,11,13-19H2,(H,22,23). The van der Waals surface area contributed by atoms with Crippen molar-refractivity contribution in [3.05, 3.63) is 48.6 Å². The summed E-state index contributed by atoms with van der Waals surface area (Å²) < 4.78 is 0. The molecule has 3 nitrogen and oxygen atoms in total. The molecule has 0 aromatic rings. The van der Waals surface area contributed by atoms with E-state index < -0.39 is 5.97 Å². The molecule has 0 atom stereocenters. The Bertz CT molecular complexity index is 378. The van der Waals surface area contributed by atoms with Crippen LogP contribution in [0.5, 0.6) is 0 Å². The van der Waals surface area contributed by atoms with Gasteiger partial charge in [0.15, 0.2) is 0 Å². The fourth-order valence-electron chi connectivity index (χ4n) is 1.97. The van der Waals surface area contributed by atoms with E-state index in [2.05, 4.69) is 48.6 Å². The Labute approximate surface area is 141 Å². The fourth-order valence-corrected chi connectivity index (χ4v) is 1.97. The Kier molecular flexibility index (Phi) is 17.1. The van der Waals surface area contributed by atoms with Crippen molar-refractivity contribution < 1.29 is 15.0 Å². The molecule has 0 bridgehead atoms. The van der Waals surface area contributed by atoms with Crippen molar-refractivity contribution in [3.63, 3.8) is 0 Å². The minimum atomic E-state index is -0.720. The second-order valence-electron chi connectivity index (χ2n) is 5.47. The zero-order valence-corrected chi connectivity index (χ0v) is 14.2. The van der Waals surface area contributed by atoms with E-state index in [1.165, 1.54) is 0 Å². The SMILES string of the molecule is O=C(O)CCCC=CCC=CCCC=CC=CCCCCCO. The lowest BCUT2D eigenvalue weighted by molar-refractivity contribution is -0.137. The Hall–Kier alpha value is -1.61. The second-order valence-corrected chi connectivity index (χ2v) is 5.47. The maximum atomic E-state index is 10.3. The predicted molar refractivity (Wildman–Crippen MR) is 97.5 cm³/mol. The van der Waals surface area contributed by atoms with Gasteiger partial charge >= 0.3 is 5.97 Å². The summed E-state index contributed by atoms with van der Waals surface area (Å²) in [6.07, 6.45) is 26.1. The average molecular weight is 320 g/mol. The van der Waals surface area contributed by atoms with E-state index in [4.69, 9.17) is 10.2 Å². The molecule has 0 heterocycles. The van der Waals surface area contributed by atoms with Gasteiger partial charge in [0, 0.05) is 13.0 Å². The molecule has 0 spiro atoms. The van der Waals surface area contributed by atoms with E-state index in [1.807, 2.05) is 0 Å². The van der Waals surface area contributed by atoms with Crippen LogP contribution in [0.4, 0.5) is 0 Å². The summed E-state index contributed by atoms with van der Waals surface area (Å²) in [5.41, 5.74) is 0. The van der Waals surface area contributed by atoms with Crippen LogP contribution in [0.3, 0.4) is 0 Å². The number of aliphatic hydroxyl groups excluding tert-OH is 1. The summed E-state index contributed by atoms with van der Waals surface area (Å²) in [5.74, 6) is -0.720. The number of unbranched alkanes of at least 4 members (excludes halogenated alkanes) is 5. The van der Waals surface area contributed by atoms with Gasteiger partial charge in [0.05, 0.1) is 0 Å². The van der Waals surface area contributed by atoms with E-state index in [0.717, 1.165) is 57.8 Å². The maximum Gasteiger partial charge on any atom is 0.303 e. The van der Waals surface area contributed by atoms with Gasteiger partial charge in [-0.05, 0) is 51.4 Å². The maximum absolute atomic E-state index is 10.3. The number of hydrogen-bond donors (Lipinski definition) is 2. The van der Waals surface area contributed by atoms with Crippen LogP contribution >= 0.6 is 0 Å². The highest BCUT2D eigenvalue weighted by molar-refractivity contribution is 5.66. The van der Waals surface area contributed by atoms with Crippen molar-refractivity contribution in [2.24, 2.45) is 0 Å². The zero-order valence-electron chi connectivity index (χ0n) is 14.2. The van der Waals surface area contributed by atoms with Crippen molar-refractivity contribution in [2.75, 3.05) is 6.61 Å². The van der Waals surface area contributed by atoms with Crippen LogP contribution in [0.25, 0.3) is 0 Å². The molecule has 0 saturated carbocycles. The molecule has 0 aliphatic carbocycles. The van der Waals surface area contributed by atoms with Crippen LogP contribution < -0.4 is 0 Å². The number of carbonyl (C=O) groups is 1. The highest BCUT2D eigenvalue weighted by atomic mass is 16.4. The molecule has 3 heteroatoms. The van der Waals surface area contributed by atoms with Crippen molar-refractivity contribution in [1.29, 1.82) is 0 Å². The first-order chi connectivity index (χ1) is 11.3. The lowest BCUT2D eigenvalue weighted by Gasteiger charge is -1.92. The Balaban J connectivity index is 3.39. The van der Waals surface area contributed by atoms with Gasteiger partial charge in [0.2, 0.25) is 0 Å². The van der Waals surface area contributed by atoms with Crippen LogP contribution in [0.1, 0.15) is 64.2 Å². The predicted octanol–water partition coefficient (Wildman–Crippen LogP) is 5.19. The zero-order chi connectivity index (χ0) is 17.0. The molecule has 0 fully saturated rings. The minimum absolute atomic E-state index is 0.254. The van der Waals surface area contributed by atoms with E-state index in [1.54, 1.807) is 0 Å². The first kappa shape index (κ1) is 21.4. The third-order valence-corrected chi connectivity index (χ3v) is 3.28. The summed E-state index contributed by atoms with van der Waals surface area (Å²) in [6, 6.07) is 0. The van der Waals surface area contributed by atoms with Gasteiger partial charge in [0.1, 0.15) is 0 Å². The molecule has 0 amide bonds. The van der Waals surface area contributed by atoms with Crippen molar-refractivity contribution >= 4 is 5.97 Å². The Morgan fingerprint density at radius 2 is 1.30 bits per heavy atom. The van der Waals surface area contributed by atoms with Crippen LogP contribution in [0.15, 0.2) is 48.6 Å². The fraction of sp³-hybridized carbons (Fsp3) is 0.550. The quantitative estimate of drug-likeness (QED) is 0.248. The summed E-state index contributed by atoms with van der Waals surface area (Å²) >= 11 is 0. The molecule has 0 unspecified atom stereocenters. The molecule has 0 aromatic carbocycles. The van der Waals surface area contributed by atoms with Crippen molar-refractivity contribution in [1.82, 2.24) is 0 Å². The largest absolute Gasteiger partial charge is 0.481 e. The number of rotatable bonds is 15. The third kappa shape index (κ3) is 20.4. The lowest BCUT2D eigenvalue weighted by Crippen LogP contribution is -1.92. The number of carboxylic acid groups (broad SMARTS) is 1. The topological polar surface area (TPSA) is 57.5 Å². The molecule has 130 valence electrons. The lowest BCUT2D eigenvalue weighted by atomic mass is 10.2. The normalized spacial score (nSPS) is 12.4. The number of carboxylic acids is 1. The molecule has 0 saturated heterocycles. The van der Waals surface area contributed by atoms with E-state index in [0.29, 0.717) is 6.61 Å². The van der Waals surface area contributed by atoms with E-state index in [-0.39, 0.29) is 6.42 Å². The highest BCUT2D eigenvalue weighted by Crippen LogP contribution is 2.01. The third-order valence-electron chi connectivity index (χ3n) is 3.28. The van der Waals surface area contributed by atoms with Gasteiger partial charge in [-0.2, -0.15) is 0 Å². The molecule has 0 aliphatic heterocycles. The van der Waals surface area contributed by atoms with Gasteiger partial charge in [0.25, 0.3) is 0 Å². The van der Waals surface area contributed by atoms with Gasteiger partial charge in [-0.15, -0.1) is 0 Å². The number of hydrogen-bond acceptors (Lipinski definition) is 2. The molecule has 0 aliphatic rings. The van der Waals surface area contributed by atoms with Crippen LogP contribution in [-0.4, -0.2) is 22.8 Å². The smallest absolute Gasteiger partial charge is 0.303 e. The molecule has 0 aromatic heterocycles. The first-order valence-electron chi connectivity index (χ1n) is 8.71. The van der Waals surface area contributed by atoms with Crippen molar-refractivity contribution in [2.45, 2.75) is 64.2 Å². The molecular weight excluding hydrogens is 288 g/mol. The summed E-state index contributed by atoms with van der Waals surface area (Å²) in [6.45, 7) is 0.303. The van der Waals surface area contributed by atoms with Crippen LogP contribution in [-0.2, 0) is 4.79 Å². The minimum Gasteiger partial charge on any atom is -0.481 e. The molecule has 23 heavy (non-hydrogen) atoms. The summed E-state index contributed by atoms with van der Waals surface area (Å²) in [4.78, 5) is 10.3. The Morgan fingerprint density at radius 3 is 2.00 bits per heavy atom. The number of allylic oxidation sites excluding steroid dienone is 8. The van der Waals surface area contributed by atoms with Gasteiger partial charge in [-0.25, -0.2) is 0 Å². The monoisotopic (exact) mass is 320 g/mol. The molecular formula is C20H32O3. The summed E-state index contributed by atoms with van der Waals surface area (Å²) in [7, 11) is 0. The van der Waals surface area contributed by atoms with Crippen LogP contribution in [0.2, 0.25) is 0 Å². The van der Waals surface area contributed by atoms with Crippen LogP contribution in [0, 0.1) is 0 Å². The molecule has 0 rings (SSSR count). The van der Waals surface area contributed by atoms with E-state index >= 15 is 0 Å².